The van der Waals surface area contributed by atoms with E-state index in [-0.39, 0.29) is 24.2 Å². The van der Waals surface area contributed by atoms with Crippen LogP contribution in [0.5, 0.6) is 6.01 Å². The minimum atomic E-state index is -4.54. The molecule has 3 rings (SSSR count). The minimum absolute atomic E-state index is 0.0814. The lowest BCUT2D eigenvalue weighted by Gasteiger charge is -2.32. The molecular weight excluding hydrogens is 353 g/mol. The molecule has 1 aromatic rings. The van der Waals surface area contributed by atoms with Crippen LogP contribution < -0.4 is 10.1 Å². The van der Waals surface area contributed by atoms with Crippen LogP contribution in [-0.2, 0) is 10.9 Å². The van der Waals surface area contributed by atoms with Crippen molar-refractivity contribution in [1.82, 2.24) is 20.2 Å². The van der Waals surface area contributed by atoms with E-state index in [1.165, 1.54) is 0 Å². The normalized spacial score (nSPS) is 21.7. The number of ether oxygens (including phenoxy) is 2. The Morgan fingerprint density at radius 3 is 2.77 bits per heavy atom. The van der Waals surface area contributed by atoms with Crippen molar-refractivity contribution in [2.24, 2.45) is 0 Å². The van der Waals surface area contributed by atoms with Gasteiger partial charge in [-0.15, -0.1) is 0 Å². The average Bonchev–Trinajstić information content (AvgIpc) is 3.13. The van der Waals surface area contributed by atoms with E-state index in [2.05, 4.69) is 15.3 Å². The maximum absolute atomic E-state index is 12.7. The van der Waals surface area contributed by atoms with Gasteiger partial charge in [-0.05, 0) is 18.9 Å². The van der Waals surface area contributed by atoms with Gasteiger partial charge in [-0.2, -0.15) is 18.2 Å². The van der Waals surface area contributed by atoms with Crippen LogP contribution in [0.25, 0.3) is 0 Å². The van der Waals surface area contributed by atoms with Gasteiger partial charge in [-0.25, -0.2) is 9.78 Å². The third kappa shape index (κ3) is 4.96. The molecule has 1 unspecified atom stereocenters. The second kappa shape index (κ2) is 8.07. The van der Waals surface area contributed by atoms with Gasteiger partial charge in [0.25, 0.3) is 0 Å². The number of rotatable bonds is 4. The lowest BCUT2D eigenvalue weighted by Crippen LogP contribution is -2.48. The van der Waals surface area contributed by atoms with Crippen LogP contribution in [0.3, 0.4) is 0 Å². The van der Waals surface area contributed by atoms with E-state index < -0.39 is 11.9 Å². The molecule has 0 aliphatic carbocycles. The summed E-state index contributed by atoms with van der Waals surface area (Å²) >= 11 is 0. The zero-order chi connectivity index (χ0) is 18.6. The lowest BCUT2D eigenvalue weighted by molar-refractivity contribution is -0.141. The number of carbonyl (C=O) groups excluding carboxylic acids is 1. The molecule has 10 heteroatoms. The van der Waals surface area contributed by atoms with Gasteiger partial charge in [0.1, 0.15) is 6.10 Å². The van der Waals surface area contributed by atoms with E-state index in [9.17, 15) is 18.0 Å². The number of aromatic nitrogens is 2. The van der Waals surface area contributed by atoms with Gasteiger partial charge < -0.3 is 19.7 Å². The zero-order valence-corrected chi connectivity index (χ0v) is 14.2. The Balaban J connectivity index is 1.44. The molecule has 26 heavy (non-hydrogen) atoms. The van der Waals surface area contributed by atoms with Crippen molar-refractivity contribution < 1.29 is 27.4 Å². The summed E-state index contributed by atoms with van der Waals surface area (Å²) in [6, 6.07) is 0.351. The predicted octanol–water partition coefficient (Wildman–Crippen LogP) is 2.23. The van der Waals surface area contributed by atoms with E-state index in [4.69, 9.17) is 9.47 Å². The number of urea groups is 1. The molecule has 2 aliphatic heterocycles. The summed E-state index contributed by atoms with van der Waals surface area (Å²) in [5, 5.41) is 2.85. The Kier molecular flexibility index (Phi) is 5.80. The first-order valence-corrected chi connectivity index (χ1v) is 8.63. The Hall–Kier alpha value is -2.10. The maximum Gasteiger partial charge on any atom is 0.433 e. The molecule has 0 aromatic carbocycles. The van der Waals surface area contributed by atoms with Gasteiger partial charge in [0, 0.05) is 45.3 Å². The van der Waals surface area contributed by atoms with Crippen molar-refractivity contribution in [3.05, 3.63) is 18.0 Å². The number of carbonyl (C=O) groups is 1. The van der Waals surface area contributed by atoms with Gasteiger partial charge in [-0.3, -0.25) is 0 Å². The third-order valence-corrected chi connectivity index (χ3v) is 4.43. The number of hydrogen-bond acceptors (Lipinski definition) is 5. The van der Waals surface area contributed by atoms with Crippen LogP contribution in [0.4, 0.5) is 18.0 Å². The summed E-state index contributed by atoms with van der Waals surface area (Å²) < 4.78 is 48.9. The van der Waals surface area contributed by atoms with Crippen molar-refractivity contribution in [2.75, 3.05) is 26.2 Å². The molecule has 2 fully saturated rings. The van der Waals surface area contributed by atoms with Gasteiger partial charge >= 0.3 is 18.2 Å². The summed E-state index contributed by atoms with van der Waals surface area (Å²) in [7, 11) is 0. The van der Waals surface area contributed by atoms with E-state index in [1.807, 2.05) is 0 Å². The maximum atomic E-state index is 12.7. The topological polar surface area (TPSA) is 76.6 Å². The van der Waals surface area contributed by atoms with Crippen molar-refractivity contribution in [3.63, 3.8) is 0 Å². The number of halogens is 3. The highest BCUT2D eigenvalue weighted by atomic mass is 19.4. The second-order valence-corrected chi connectivity index (χ2v) is 6.35. The van der Waals surface area contributed by atoms with E-state index >= 15 is 0 Å². The Labute approximate surface area is 148 Å². The zero-order valence-electron chi connectivity index (χ0n) is 14.2. The first-order chi connectivity index (χ1) is 12.4. The fourth-order valence-corrected chi connectivity index (χ4v) is 3.00. The fraction of sp³-hybridized carbons (Fsp3) is 0.688. The Morgan fingerprint density at radius 2 is 2.12 bits per heavy atom. The predicted molar refractivity (Wildman–Crippen MR) is 84.6 cm³/mol. The smallest absolute Gasteiger partial charge is 0.433 e. The lowest BCUT2D eigenvalue weighted by atomic mass is 10.1. The van der Waals surface area contributed by atoms with Crippen LogP contribution in [0, 0.1) is 0 Å². The molecule has 2 amide bonds. The molecule has 7 nitrogen and oxygen atoms in total. The minimum Gasteiger partial charge on any atom is -0.460 e. The molecule has 2 aliphatic rings. The summed E-state index contributed by atoms with van der Waals surface area (Å²) in [6.45, 7) is 2.15. The van der Waals surface area contributed by atoms with E-state index in [0.717, 1.165) is 31.7 Å². The molecule has 0 spiro atoms. The van der Waals surface area contributed by atoms with Gasteiger partial charge in [0.15, 0.2) is 5.69 Å². The van der Waals surface area contributed by atoms with Crippen LogP contribution in [0.2, 0.25) is 0 Å². The summed E-state index contributed by atoms with van der Waals surface area (Å²) in [4.78, 5) is 20.9. The molecule has 1 aromatic heterocycles. The van der Waals surface area contributed by atoms with Crippen molar-refractivity contribution in [2.45, 2.75) is 44.1 Å². The van der Waals surface area contributed by atoms with Crippen molar-refractivity contribution >= 4 is 6.03 Å². The van der Waals surface area contributed by atoms with Crippen molar-refractivity contribution in [3.8, 4) is 6.01 Å². The largest absolute Gasteiger partial charge is 0.460 e. The van der Waals surface area contributed by atoms with Gasteiger partial charge in [0.2, 0.25) is 0 Å². The highest BCUT2D eigenvalue weighted by molar-refractivity contribution is 5.74. The van der Waals surface area contributed by atoms with E-state index in [1.54, 1.807) is 4.90 Å². The highest BCUT2D eigenvalue weighted by Crippen LogP contribution is 2.28. The van der Waals surface area contributed by atoms with Gasteiger partial charge in [-0.1, -0.05) is 0 Å². The molecule has 3 heterocycles. The fourth-order valence-electron chi connectivity index (χ4n) is 3.00. The van der Waals surface area contributed by atoms with E-state index in [0.29, 0.717) is 32.5 Å². The summed E-state index contributed by atoms with van der Waals surface area (Å²) in [6.07, 6.45) is -0.767. The number of nitrogens with one attached hydrogen (secondary N) is 1. The SMILES string of the molecule is O=C(NCC1CCCO1)N1CCC(Oc2nccc(C(F)(F)F)n2)CC1. The summed E-state index contributed by atoms with van der Waals surface area (Å²) in [5.74, 6) is 0. The second-order valence-electron chi connectivity index (χ2n) is 6.35. The highest BCUT2D eigenvalue weighted by Gasteiger charge is 2.33. The Bertz CT molecular complexity index is 615. The molecule has 144 valence electrons. The van der Waals surface area contributed by atoms with Gasteiger partial charge in [0.05, 0.1) is 6.10 Å². The number of amides is 2. The first kappa shape index (κ1) is 18.7. The number of piperidine rings is 1. The quantitative estimate of drug-likeness (QED) is 0.875. The molecule has 0 bridgehead atoms. The standard InChI is InChI=1S/C16H21F3N4O3/c17-16(18,19)13-3-6-20-14(22-13)26-11-4-7-23(8-5-11)15(24)21-10-12-2-1-9-25-12/h3,6,11-12H,1-2,4-5,7-10H2,(H,21,24). The number of hydrogen-bond donors (Lipinski definition) is 1. The van der Waals surface area contributed by atoms with Crippen LogP contribution >= 0.6 is 0 Å². The third-order valence-electron chi connectivity index (χ3n) is 4.43. The monoisotopic (exact) mass is 374 g/mol. The summed E-state index contributed by atoms with van der Waals surface area (Å²) in [5.41, 5.74) is -1.03. The molecule has 2 saturated heterocycles. The number of nitrogens with zero attached hydrogens (tertiary/aromatic N) is 3. The Morgan fingerprint density at radius 1 is 1.35 bits per heavy atom. The molecule has 0 radical (unpaired) electrons. The van der Waals surface area contributed by atoms with Crippen LogP contribution in [-0.4, -0.2) is 59.3 Å². The number of alkyl halides is 3. The van der Waals surface area contributed by atoms with Crippen LogP contribution in [0.1, 0.15) is 31.4 Å². The number of likely N-dealkylation sites (tertiary alicyclic amines) is 1. The molecule has 1 N–H and O–H groups in total. The molecule has 0 saturated carbocycles. The first-order valence-electron chi connectivity index (χ1n) is 8.63. The van der Waals surface area contributed by atoms with Crippen LogP contribution in [0.15, 0.2) is 12.3 Å². The average molecular weight is 374 g/mol. The molecular formula is C16H21F3N4O3. The molecule has 1 atom stereocenters. The van der Waals surface area contributed by atoms with Crippen molar-refractivity contribution in [1.29, 1.82) is 0 Å².